The first-order valence-electron chi connectivity index (χ1n) is 32.2. The van der Waals surface area contributed by atoms with Crippen molar-refractivity contribution in [3.8, 4) is 100 Å². The lowest BCUT2D eigenvalue weighted by Crippen LogP contribution is -2.28. The van der Waals surface area contributed by atoms with E-state index in [0.29, 0.717) is 0 Å². The van der Waals surface area contributed by atoms with Crippen LogP contribution in [0.4, 0.5) is 0 Å². The van der Waals surface area contributed by atoms with Gasteiger partial charge in [-0.3, -0.25) is 0 Å². The van der Waals surface area contributed by atoms with Gasteiger partial charge < -0.3 is 9.13 Å². The molecule has 434 valence electrons. The second kappa shape index (κ2) is 22.1. The highest BCUT2D eigenvalue weighted by molar-refractivity contribution is 6.13. The van der Waals surface area contributed by atoms with Gasteiger partial charge in [0.15, 0.2) is 0 Å². The number of fused-ring (bicyclic) bond motifs is 9. The van der Waals surface area contributed by atoms with Gasteiger partial charge in [0, 0.05) is 32.9 Å². The largest absolute Gasteiger partial charge is 0.309 e. The fourth-order valence-corrected chi connectivity index (χ4v) is 15.2. The van der Waals surface area contributed by atoms with Gasteiger partial charge in [-0.2, -0.15) is 0 Å². The normalized spacial score (nSPS) is 12.4. The number of rotatable bonds is 11. The van der Waals surface area contributed by atoms with Crippen LogP contribution in [0.2, 0.25) is 0 Å². The van der Waals surface area contributed by atoms with E-state index in [-0.39, 0.29) is 0 Å². The maximum absolute atomic E-state index is 2.43. The van der Waals surface area contributed by atoms with Crippen LogP contribution in [0.1, 0.15) is 22.3 Å². The van der Waals surface area contributed by atoms with Gasteiger partial charge in [0.1, 0.15) is 0 Å². The molecule has 17 aromatic rings. The molecule has 93 heavy (non-hydrogen) atoms. The van der Waals surface area contributed by atoms with Crippen LogP contribution in [0.3, 0.4) is 0 Å². The fraction of sp³-hybridized carbons (Fsp3) is 0.0110. The summed E-state index contributed by atoms with van der Waals surface area (Å²) in [5, 5.41) is 4.96. The summed E-state index contributed by atoms with van der Waals surface area (Å²) >= 11 is 0. The summed E-state index contributed by atoms with van der Waals surface area (Å²) in [6, 6.07) is 135. The molecular weight excluding hydrogens is 1120 g/mol. The maximum atomic E-state index is 2.43. The number of para-hydroxylation sites is 2. The molecule has 0 fully saturated rings. The van der Waals surface area contributed by atoms with Crippen molar-refractivity contribution in [2.24, 2.45) is 0 Å². The summed E-state index contributed by atoms with van der Waals surface area (Å²) in [7, 11) is 0. The Bertz CT molecular complexity index is 5650. The summed E-state index contributed by atoms with van der Waals surface area (Å²) in [6.45, 7) is 0. The first-order valence-corrected chi connectivity index (χ1v) is 32.2. The molecule has 0 aliphatic heterocycles. The molecule has 1 aliphatic carbocycles. The van der Waals surface area contributed by atoms with Crippen LogP contribution in [0, 0.1) is 0 Å². The van der Waals surface area contributed by atoms with E-state index >= 15 is 0 Å². The van der Waals surface area contributed by atoms with Crippen LogP contribution < -0.4 is 0 Å². The third kappa shape index (κ3) is 9.02. The minimum atomic E-state index is -0.539. The minimum absolute atomic E-state index is 0.539. The lowest BCUT2D eigenvalue weighted by atomic mass is 9.67. The second-order valence-corrected chi connectivity index (χ2v) is 24.7. The van der Waals surface area contributed by atoms with Gasteiger partial charge in [0.25, 0.3) is 0 Å². The molecule has 2 nitrogen and oxygen atoms in total. The lowest BCUT2D eigenvalue weighted by molar-refractivity contribution is 0.769. The van der Waals surface area contributed by atoms with E-state index < -0.39 is 5.41 Å². The van der Waals surface area contributed by atoms with Crippen molar-refractivity contribution in [1.29, 1.82) is 0 Å². The highest BCUT2D eigenvalue weighted by Gasteiger charge is 2.46. The molecule has 0 saturated heterocycles. The van der Waals surface area contributed by atoms with Crippen molar-refractivity contribution in [2.75, 3.05) is 0 Å². The van der Waals surface area contributed by atoms with E-state index in [1.54, 1.807) is 0 Å². The van der Waals surface area contributed by atoms with Crippen molar-refractivity contribution < 1.29 is 0 Å². The zero-order valence-electron chi connectivity index (χ0n) is 51.0. The Labute approximate surface area is 541 Å². The van der Waals surface area contributed by atoms with Gasteiger partial charge in [-0.15, -0.1) is 0 Å². The molecule has 15 aromatic carbocycles. The van der Waals surface area contributed by atoms with Crippen molar-refractivity contribution in [2.45, 2.75) is 5.41 Å². The molecule has 0 N–H and O–H groups in total. The second-order valence-electron chi connectivity index (χ2n) is 24.7. The summed E-state index contributed by atoms with van der Waals surface area (Å²) in [6.07, 6.45) is 0. The van der Waals surface area contributed by atoms with Gasteiger partial charge in [0.05, 0.1) is 27.5 Å². The predicted molar refractivity (Wildman–Crippen MR) is 390 cm³/mol. The van der Waals surface area contributed by atoms with Crippen LogP contribution in [-0.2, 0) is 5.41 Å². The number of nitrogens with zero attached hydrogens (tertiary/aromatic N) is 2. The predicted octanol–water partition coefficient (Wildman–Crippen LogP) is 23.9. The first kappa shape index (κ1) is 53.9. The Hall–Kier alpha value is -12.1. The SMILES string of the molecule is c1ccc(-c2ccc(-c3cccc(C4(c5cccc(-c6ccc(-c7ccc(-c8ccc(-n9c%10ccccc%10c%10cc(-c%11ccc%12c(c%11)c%11ccccc%11n%12-c%11cccc(-c%12ccccc%12)c%11)ccc%109)cc8)cc7)cc6)c5)c5ccccc5-c5ccccc54)c3)cc2)cc1. The van der Waals surface area contributed by atoms with Crippen LogP contribution in [-0.4, -0.2) is 9.13 Å². The van der Waals surface area contributed by atoms with E-state index in [0.717, 1.165) is 11.4 Å². The molecule has 0 atom stereocenters. The molecule has 2 heteroatoms. The van der Waals surface area contributed by atoms with E-state index in [9.17, 15) is 0 Å². The van der Waals surface area contributed by atoms with Crippen molar-refractivity contribution in [3.63, 3.8) is 0 Å². The molecule has 0 unspecified atom stereocenters. The Kier molecular flexibility index (Phi) is 12.8. The first-order chi connectivity index (χ1) is 46.1. The molecule has 0 bridgehead atoms. The zero-order chi connectivity index (χ0) is 61.4. The minimum Gasteiger partial charge on any atom is -0.309 e. The molecule has 1 aliphatic rings. The van der Waals surface area contributed by atoms with E-state index in [4.69, 9.17) is 0 Å². The third-order valence-corrected chi connectivity index (χ3v) is 19.7. The average Bonchev–Trinajstić information content (AvgIpc) is 1.57. The quantitative estimate of drug-likeness (QED) is 0.122. The lowest BCUT2D eigenvalue weighted by Gasteiger charge is -2.34. The third-order valence-electron chi connectivity index (χ3n) is 19.7. The summed E-state index contributed by atoms with van der Waals surface area (Å²) in [4.78, 5) is 0. The number of aromatic nitrogens is 2. The molecule has 0 amide bonds. The van der Waals surface area contributed by atoms with Crippen LogP contribution in [0.15, 0.2) is 364 Å². The van der Waals surface area contributed by atoms with Gasteiger partial charge in [0.2, 0.25) is 0 Å². The van der Waals surface area contributed by atoms with Gasteiger partial charge in [-0.1, -0.05) is 291 Å². The molecule has 0 radical (unpaired) electrons. The van der Waals surface area contributed by atoms with Crippen LogP contribution in [0.25, 0.3) is 144 Å². The summed E-state index contributed by atoms with van der Waals surface area (Å²) < 4.78 is 4.83. The van der Waals surface area contributed by atoms with Gasteiger partial charge in [-0.25, -0.2) is 0 Å². The topological polar surface area (TPSA) is 9.86 Å². The standard InChI is InChI=1S/C91H60N2/c1-3-18-61(19-4-1)63-40-44-68(45-41-63)70-22-15-25-75(56-70)91(85-32-11-7-28-79(85)80-29-8-12-33-86(80)91)76-26-16-23-71(57-76)69-46-42-65(43-47-69)64-36-38-66(39-37-64)67-48-52-77(53-49-67)92-87-34-13-9-30-81(87)83-59-73(50-54-89(83)92)74-51-55-90-84(60-74)82-31-10-14-35-88(82)93(90)78-27-17-24-72(58-78)62-20-5-2-6-21-62/h1-60H. The number of hydrogen-bond acceptors (Lipinski definition) is 0. The molecule has 2 heterocycles. The van der Waals surface area contributed by atoms with Gasteiger partial charge >= 0.3 is 0 Å². The van der Waals surface area contributed by atoms with Crippen molar-refractivity contribution in [1.82, 2.24) is 9.13 Å². The van der Waals surface area contributed by atoms with Crippen LogP contribution >= 0.6 is 0 Å². The summed E-state index contributed by atoms with van der Waals surface area (Å²) in [5.41, 5.74) is 30.9. The molecule has 0 spiro atoms. The monoisotopic (exact) mass is 1180 g/mol. The highest BCUT2D eigenvalue weighted by atomic mass is 15.0. The summed E-state index contributed by atoms with van der Waals surface area (Å²) in [5.74, 6) is 0. The molecule has 2 aromatic heterocycles. The van der Waals surface area contributed by atoms with Crippen molar-refractivity contribution >= 4 is 43.6 Å². The van der Waals surface area contributed by atoms with Crippen LogP contribution in [0.5, 0.6) is 0 Å². The highest BCUT2D eigenvalue weighted by Crippen LogP contribution is 2.57. The number of benzene rings is 15. The smallest absolute Gasteiger partial charge is 0.0713 e. The van der Waals surface area contributed by atoms with E-state index in [1.807, 2.05) is 0 Å². The number of hydrogen-bond donors (Lipinski definition) is 0. The average molecular weight is 1180 g/mol. The molecular formula is C91H60N2. The Balaban J connectivity index is 0.622. The van der Waals surface area contributed by atoms with E-state index in [2.05, 4.69) is 373 Å². The Morgan fingerprint density at radius 1 is 0.172 bits per heavy atom. The van der Waals surface area contributed by atoms with Gasteiger partial charge in [-0.05, 0) is 184 Å². The Morgan fingerprint density at radius 2 is 0.473 bits per heavy atom. The Morgan fingerprint density at radius 3 is 0.935 bits per heavy atom. The van der Waals surface area contributed by atoms with Crippen molar-refractivity contribution in [3.05, 3.63) is 386 Å². The molecule has 0 saturated carbocycles. The fourth-order valence-electron chi connectivity index (χ4n) is 15.2. The maximum Gasteiger partial charge on any atom is 0.0713 e. The zero-order valence-corrected chi connectivity index (χ0v) is 51.0. The van der Waals surface area contributed by atoms with E-state index in [1.165, 1.54) is 155 Å². The molecule has 18 rings (SSSR count).